The lowest BCUT2D eigenvalue weighted by atomic mass is 9.45. The standard InChI is InChI=1S/C25H36O5/c1-6-21(29)30-25(15(3)26)14(2)11-19-18-8-7-16-12-17(27)9-10-23(16,4)22(18)20(28)13-24(19,25)5/h12,14,18-20,22,28H,6-11,13H2,1-5H3/t14-,18+,19+,20+,22-,23+,24+,25-/m1/s1. The van der Waals surface area contributed by atoms with Gasteiger partial charge in [0.2, 0.25) is 0 Å². The van der Waals surface area contributed by atoms with Crippen molar-refractivity contribution in [1.82, 2.24) is 0 Å². The van der Waals surface area contributed by atoms with Gasteiger partial charge in [-0.2, -0.15) is 0 Å². The predicted octanol–water partition coefficient (Wildman–Crippen LogP) is 4.02. The van der Waals surface area contributed by atoms with Crippen LogP contribution in [0.4, 0.5) is 0 Å². The molecule has 0 radical (unpaired) electrons. The number of hydrogen-bond donors (Lipinski definition) is 1. The largest absolute Gasteiger partial charge is 0.450 e. The van der Waals surface area contributed by atoms with Crippen molar-refractivity contribution in [3.63, 3.8) is 0 Å². The van der Waals surface area contributed by atoms with E-state index in [4.69, 9.17) is 4.74 Å². The second-order valence-electron chi connectivity index (χ2n) is 10.8. The second-order valence-corrected chi connectivity index (χ2v) is 10.8. The van der Waals surface area contributed by atoms with Gasteiger partial charge >= 0.3 is 5.97 Å². The van der Waals surface area contributed by atoms with E-state index < -0.39 is 17.1 Å². The molecule has 5 nitrogen and oxygen atoms in total. The number of ether oxygens (including phenoxy) is 1. The minimum Gasteiger partial charge on any atom is -0.450 e. The van der Waals surface area contributed by atoms with Crippen molar-refractivity contribution in [2.45, 2.75) is 91.3 Å². The summed E-state index contributed by atoms with van der Waals surface area (Å²) in [5.41, 5.74) is -0.714. The molecule has 1 N–H and O–H groups in total. The van der Waals surface area contributed by atoms with E-state index in [-0.39, 0.29) is 53.0 Å². The molecule has 0 spiro atoms. The molecule has 0 aromatic heterocycles. The summed E-state index contributed by atoms with van der Waals surface area (Å²) in [6, 6.07) is 0. The van der Waals surface area contributed by atoms with Gasteiger partial charge in [-0.05, 0) is 68.3 Å². The Labute approximate surface area is 179 Å². The van der Waals surface area contributed by atoms with Crippen molar-refractivity contribution in [2.24, 2.45) is 34.5 Å². The normalized spacial score (nSPS) is 47.6. The van der Waals surface area contributed by atoms with Gasteiger partial charge < -0.3 is 9.84 Å². The summed E-state index contributed by atoms with van der Waals surface area (Å²) in [6.45, 7) is 9.62. The molecule has 0 aliphatic heterocycles. The highest BCUT2D eigenvalue weighted by atomic mass is 16.6. The average Bonchev–Trinajstić information content (AvgIpc) is 2.89. The Hall–Kier alpha value is -1.49. The summed E-state index contributed by atoms with van der Waals surface area (Å²) >= 11 is 0. The summed E-state index contributed by atoms with van der Waals surface area (Å²) in [4.78, 5) is 37.5. The first-order chi connectivity index (χ1) is 14.0. The molecule has 3 saturated carbocycles. The molecule has 0 saturated heterocycles. The van der Waals surface area contributed by atoms with Crippen molar-refractivity contribution in [3.05, 3.63) is 11.6 Å². The van der Waals surface area contributed by atoms with E-state index in [1.807, 2.05) is 13.0 Å². The number of ketones is 2. The van der Waals surface area contributed by atoms with Gasteiger partial charge in [-0.25, -0.2) is 0 Å². The highest BCUT2D eigenvalue weighted by molar-refractivity contribution is 5.92. The molecule has 4 aliphatic rings. The van der Waals surface area contributed by atoms with Gasteiger partial charge in [-0.3, -0.25) is 14.4 Å². The second kappa shape index (κ2) is 7.01. The maximum absolute atomic E-state index is 13.1. The molecule has 0 unspecified atom stereocenters. The smallest absolute Gasteiger partial charge is 0.306 e. The topological polar surface area (TPSA) is 80.7 Å². The SMILES string of the molecule is CCC(=O)O[C@@]1(C(C)=O)[C@H](C)C[C@H]2[C@@H]3CCC4=CC(=O)CC[C@]4(C)[C@H]3[C@@H](O)C[C@@]21C. The quantitative estimate of drug-likeness (QED) is 0.703. The van der Waals surface area contributed by atoms with E-state index in [0.717, 1.165) is 25.7 Å². The lowest BCUT2D eigenvalue weighted by Crippen LogP contribution is -2.63. The first-order valence-corrected chi connectivity index (χ1v) is 11.7. The molecule has 8 atom stereocenters. The number of esters is 1. The van der Waals surface area contributed by atoms with Crippen LogP contribution in [0.1, 0.15) is 79.6 Å². The Bertz CT molecular complexity index is 814. The zero-order valence-corrected chi connectivity index (χ0v) is 19.0. The average molecular weight is 417 g/mol. The number of hydrogen-bond acceptors (Lipinski definition) is 5. The summed E-state index contributed by atoms with van der Waals surface area (Å²) in [6.07, 6.45) is 5.89. The molecule has 0 aromatic carbocycles. The van der Waals surface area contributed by atoms with Crippen LogP contribution in [0.3, 0.4) is 0 Å². The van der Waals surface area contributed by atoms with E-state index in [1.165, 1.54) is 5.57 Å². The number of Topliss-reactive ketones (excluding diaryl/α,β-unsaturated/α-hetero) is 1. The zero-order valence-electron chi connectivity index (χ0n) is 19.0. The number of aliphatic hydroxyl groups excluding tert-OH is 1. The number of rotatable bonds is 3. The number of carbonyl (C=O) groups is 3. The van der Waals surface area contributed by atoms with Crippen molar-refractivity contribution in [2.75, 3.05) is 0 Å². The van der Waals surface area contributed by atoms with Crippen molar-refractivity contribution >= 4 is 17.5 Å². The van der Waals surface area contributed by atoms with Crippen LogP contribution in [0, 0.1) is 34.5 Å². The van der Waals surface area contributed by atoms with E-state index >= 15 is 0 Å². The van der Waals surface area contributed by atoms with E-state index in [0.29, 0.717) is 12.8 Å². The number of allylic oxidation sites excluding steroid dienone is 1. The molecular formula is C25H36O5. The molecule has 0 bridgehead atoms. The van der Waals surface area contributed by atoms with Gasteiger partial charge in [-0.1, -0.05) is 33.3 Å². The molecule has 0 aromatic rings. The monoisotopic (exact) mass is 416 g/mol. The van der Waals surface area contributed by atoms with Crippen LogP contribution in [0.2, 0.25) is 0 Å². The van der Waals surface area contributed by atoms with Gasteiger partial charge in [0.15, 0.2) is 17.2 Å². The van der Waals surface area contributed by atoms with Crippen molar-refractivity contribution in [3.8, 4) is 0 Å². The van der Waals surface area contributed by atoms with E-state index in [9.17, 15) is 19.5 Å². The van der Waals surface area contributed by atoms with Crippen LogP contribution < -0.4 is 0 Å². The highest BCUT2D eigenvalue weighted by Gasteiger charge is 2.72. The molecule has 166 valence electrons. The van der Waals surface area contributed by atoms with Crippen LogP contribution in [-0.2, 0) is 19.1 Å². The van der Waals surface area contributed by atoms with Crippen LogP contribution in [0.25, 0.3) is 0 Å². The molecular weight excluding hydrogens is 380 g/mol. The zero-order chi connectivity index (χ0) is 22.1. The fraction of sp³-hybridized carbons (Fsp3) is 0.800. The highest BCUT2D eigenvalue weighted by Crippen LogP contribution is 2.69. The van der Waals surface area contributed by atoms with Gasteiger partial charge in [0, 0.05) is 24.2 Å². The van der Waals surface area contributed by atoms with Crippen molar-refractivity contribution in [1.29, 1.82) is 0 Å². The third-order valence-electron chi connectivity index (χ3n) is 9.52. The molecule has 0 amide bonds. The van der Waals surface area contributed by atoms with E-state index in [2.05, 4.69) is 13.8 Å². The van der Waals surface area contributed by atoms with Crippen molar-refractivity contribution < 1.29 is 24.2 Å². The maximum atomic E-state index is 13.1. The van der Waals surface area contributed by atoms with Gasteiger partial charge in [-0.15, -0.1) is 0 Å². The Morgan fingerprint density at radius 1 is 1.27 bits per heavy atom. The summed E-state index contributed by atoms with van der Waals surface area (Å²) in [5.74, 6) is 0.237. The number of carbonyl (C=O) groups excluding carboxylic acids is 3. The minimum absolute atomic E-state index is 0.0795. The first-order valence-electron chi connectivity index (χ1n) is 11.7. The maximum Gasteiger partial charge on any atom is 0.306 e. The van der Waals surface area contributed by atoms with Crippen LogP contribution >= 0.6 is 0 Å². The van der Waals surface area contributed by atoms with Crippen LogP contribution in [0.5, 0.6) is 0 Å². The summed E-state index contributed by atoms with van der Waals surface area (Å²) < 4.78 is 6.01. The summed E-state index contributed by atoms with van der Waals surface area (Å²) in [7, 11) is 0. The van der Waals surface area contributed by atoms with E-state index in [1.54, 1.807) is 13.8 Å². The Balaban J connectivity index is 1.78. The molecule has 0 heterocycles. The third-order valence-corrected chi connectivity index (χ3v) is 9.52. The summed E-state index contributed by atoms with van der Waals surface area (Å²) in [5, 5.41) is 11.5. The fourth-order valence-electron chi connectivity index (χ4n) is 8.30. The van der Waals surface area contributed by atoms with Crippen LogP contribution in [-0.4, -0.2) is 34.3 Å². The Morgan fingerprint density at radius 2 is 1.97 bits per heavy atom. The minimum atomic E-state index is -1.17. The Morgan fingerprint density at radius 3 is 2.60 bits per heavy atom. The Kier molecular flexibility index (Phi) is 5.08. The van der Waals surface area contributed by atoms with Gasteiger partial charge in [0.1, 0.15) is 0 Å². The lowest BCUT2D eigenvalue weighted by molar-refractivity contribution is -0.204. The molecule has 5 heteroatoms. The first kappa shape index (κ1) is 21.7. The molecule has 4 rings (SSSR count). The number of aliphatic hydroxyl groups is 1. The van der Waals surface area contributed by atoms with Gasteiger partial charge in [0.25, 0.3) is 0 Å². The number of fused-ring (bicyclic) bond motifs is 5. The lowest BCUT2D eigenvalue weighted by Gasteiger charge is -2.60. The molecule has 30 heavy (non-hydrogen) atoms. The van der Waals surface area contributed by atoms with Crippen LogP contribution in [0.15, 0.2) is 11.6 Å². The third kappa shape index (κ3) is 2.66. The van der Waals surface area contributed by atoms with Gasteiger partial charge in [0.05, 0.1) is 6.10 Å². The predicted molar refractivity (Wildman–Crippen MR) is 112 cm³/mol. The fourth-order valence-corrected chi connectivity index (χ4v) is 8.30. The molecule has 4 aliphatic carbocycles. The molecule has 3 fully saturated rings.